The van der Waals surface area contributed by atoms with Gasteiger partial charge in [0, 0.05) is 12.2 Å². The van der Waals surface area contributed by atoms with E-state index in [4.69, 9.17) is 0 Å². The van der Waals surface area contributed by atoms with Crippen molar-refractivity contribution in [3.05, 3.63) is 11.6 Å². The fourth-order valence-corrected chi connectivity index (χ4v) is 2.76. The van der Waals surface area contributed by atoms with Gasteiger partial charge in [-0.2, -0.15) is 0 Å². The molecule has 0 heterocycles. The van der Waals surface area contributed by atoms with Crippen LogP contribution in [0.3, 0.4) is 0 Å². The molecule has 1 rings (SSSR count). The highest BCUT2D eigenvalue weighted by Crippen LogP contribution is 2.45. The minimum absolute atomic E-state index is 0.225. The zero-order chi connectivity index (χ0) is 11.5. The Morgan fingerprint density at radius 1 is 1.60 bits per heavy atom. The molecule has 1 atom stereocenters. The lowest BCUT2D eigenvalue weighted by atomic mass is 9.76. The van der Waals surface area contributed by atoms with Gasteiger partial charge in [-0.1, -0.05) is 44.2 Å². The SMILES string of the molecule is CCCSC(=O)C[C@@H]1CC=C(C)C1(C)C. The van der Waals surface area contributed by atoms with Crippen LogP contribution in [-0.2, 0) is 4.79 Å². The quantitative estimate of drug-likeness (QED) is 0.673. The van der Waals surface area contributed by atoms with E-state index >= 15 is 0 Å². The molecule has 0 saturated heterocycles. The maximum atomic E-state index is 11.7. The molecule has 15 heavy (non-hydrogen) atoms. The van der Waals surface area contributed by atoms with Gasteiger partial charge in [-0.25, -0.2) is 0 Å². The molecule has 0 bridgehead atoms. The molecule has 1 aliphatic rings. The van der Waals surface area contributed by atoms with Gasteiger partial charge in [0.2, 0.25) is 0 Å². The molecule has 0 fully saturated rings. The first-order chi connectivity index (χ1) is 6.98. The van der Waals surface area contributed by atoms with Crippen LogP contribution in [0.5, 0.6) is 0 Å². The molecule has 0 aromatic carbocycles. The lowest BCUT2D eigenvalue weighted by molar-refractivity contribution is -0.112. The highest BCUT2D eigenvalue weighted by atomic mass is 32.2. The smallest absolute Gasteiger partial charge is 0.189 e. The van der Waals surface area contributed by atoms with Gasteiger partial charge >= 0.3 is 0 Å². The predicted octanol–water partition coefficient (Wildman–Crippen LogP) is 4.04. The van der Waals surface area contributed by atoms with Crippen molar-refractivity contribution < 1.29 is 4.79 Å². The zero-order valence-corrected chi connectivity index (χ0v) is 11.1. The number of allylic oxidation sites excluding steroid dienone is 2. The summed E-state index contributed by atoms with van der Waals surface area (Å²) < 4.78 is 0. The van der Waals surface area contributed by atoms with Crippen LogP contribution in [0.15, 0.2) is 11.6 Å². The molecule has 0 amide bonds. The van der Waals surface area contributed by atoms with Crippen molar-refractivity contribution in [2.45, 2.75) is 47.0 Å². The molecule has 0 aromatic heterocycles. The minimum Gasteiger partial charge on any atom is -0.287 e. The second kappa shape index (κ2) is 5.20. The van der Waals surface area contributed by atoms with Gasteiger partial charge in [0.25, 0.3) is 0 Å². The molecule has 0 aromatic rings. The molecule has 0 unspecified atom stereocenters. The molecule has 86 valence electrons. The van der Waals surface area contributed by atoms with Crippen LogP contribution in [0.25, 0.3) is 0 Å². The van der Waals surface area contributed by atoms with Gasteiger partial charge in [-0.05, 0) is 31.1 Å². The van der Waals surface area contributed by atoms with E-state index in [0.717, 1.165) is 25.0 Å². The van der Waals surface area contributed by atoms with Gasteiger partial charge in [0.15, 0.2) is 5.12 Å². The van der Waals surface area contributed by atoms with Crippen LogP contribution in [0.4, 0.5) is 0 Å². The third-order valence-corrected chi connectivity index (χ3v) is 4.73. The number of hydrogen-bond donors (Lipinski definition) is 0. The third-order valence-electron chi connectivity index (χ3n) is 3.63. The standard InChI is InChI=1S/C13H22OS/c1-5-8-15-12(14)9-11-7-6-10(2)13(11,3)4/h6,11H,5,7-9H2,1-4H3/t11-/m0/s1. The molecule has 0 N–H and O–H groups in total. The van der Waals surface area contributed by atoms with Gasteiger partial charge < -0.3 is 0 Å². The highest BCUT2D eigenvalue weighted by molar-refractivity contribution is 8.13. The van der Waals surface area contributed by atoms with E-state index in [1.807, 2.05) is 0 Å². The van der Waals surface area contributed by atoms with Crippen molar-refractivity contribution in [3.63, 3.8) is 0 Å². The average molecular weight is 226 g/mol. The normalized spacial score (nSPS) is 24.0. The van der Waals surface area contributed by atoms with Crippen molar-refractivity contribution in [1.82, 2.24) is 0 Å². The molecule has 0 aliphatic heterocycles. The van der Waals surface area contributed by atoms with Crippen LogP contribution >= 0.6 is 11.8 Å². The number of thioether (sulfide) groups is 1. The maximum Gasteiger partial charge on any atom is 0.189 e. The van der Waals surface area contributed by atoms with E-state index in [9.17, 15) is 4.79 Å². The summed E-state index contributed by atoms with van der Waals surface area (Å²) in [6.45, 7) is 8.82. The van der Waals surface area contributed by atoms with E-state index in [1.165, 1.54) is 17.3 Å². The summed E-state index contributed by atoms with van der Waals surface area (Å²) in [7, 11) is 0. The Bertz CT molecular complexity index is 266. The predicted molar refractivity (Wildman–Crippen MR) is 68.0 cm³/mol. The van der Waals surface area contributed by atoms with E-state index in [-0.39, 0.29) is 5.41 Å². The number of carbonyl (C=O) groups is 1. The second-order valence-corrected chi connectivity index (χ2v) is 6.12. The Kier molecular flexibility index (Phi) is 4.45. The summed E-state index contributed by atoms with van der Waals surface area (Å²) in [4.78, 5) is 11.7. The molecular weight excluding hydrogens is 204 g/mol. The summed E-state index contributed by atoms with van der Waals surface area (Å²) in [6, 6.07) is 0. The van der Waals surface area contributed by atoms with Crippen molar-refractivity contribution in [3.8, 4) is 0 Å². The van der Waals surface area contributed by atoms with E-state index in [1.54, 1.807) is 0 Å². The number of hydrogen-bond acceptors (Lipinski definition) is 2. The lowest BCUT2D eigenvalue weighted by Gasteiger charge is -2.29. The number of rotatable bonds is 4. The Morgan fingerprint density at radius 2 is 2.27 bits per heavy atom. The zero-order valence-electron chi connectivity index (χ0n) is 10.3. The van der Waals surface area contributed by atoms with Crippen molar-refractivity contribution >= 4 is 16.9 Å². The lowest BCUT2D eigenvalue weighted by Crippen LogP contribution is -2.22. The monoisotopic (exact) mass is 226 g/mol. The van der Waals surface area contributed by atoms with Gasteiger partial charge in [0.1, 0.15) is 0 Å². The summed E-state index contributed by atoms with van der Waals surface area (Å²) >= 11 is 1.50. The van der Waals surface area contributed by atoms with Crippen molar-refractivity contribution in [2.24, 2.45) is 11.3 Å². The molecule has 1 nitrogen and oxygen atoms in total. The molecule has 0 radical (unpaired) electrons. The Morgan fingerprint density at radius 3 is 2.73 bits per heavy atom. The summed E-state index contributed by atoms with van der Waals surface area (Å²) in [5.41, 5.74) is 1.67. The van der Waals surface area contributed by atoms with Gasteiger partial charge in [-0.3, -0.25) is 4.79 Å². The topological polar surface area (TPSA) is 17.1 Å². The Labute approximate surface area is 97.7 Å². The Balaban J connectivity index is 2.44. The molecule has 0 saturated carbocycles. The number of carbonyl (C=O) groups excluding carboxylic acids is 1. The first-order valence-corrected chi connectivity index (χ1v) is 6.80. The fraction of sp³-hybridized carbons (Fsp3) is 0.769. The van der Waals surface area contributed by atoms with E-state index < -0.39 is 0 Å². The highest BCUT2D eigenvalue weighted by Gasteiger charge is 2.35. The first-order valence-electron chi connectivity index (χ1n) is 5.81. The largest absolute Gasteiger partial charge is 0.287 e. The van der Waals surface area contributed by atoms with Crippen molar-refractivity contribution in [2.75, 3.05) is 5.75 Å². The summed E-state index contributed by atoms with van der Waals surface area (Å²) in [5.74, 6) is 1.49. The molecule has 1 aliphatic carbocycles. The molecular formula is C13H22OS. The maximum absolute atomic E-state index is 11.7. The van der Waals surface area contributed by atoms with E-state index in [2.05, 4.69) is 33.8 Å². The first kappa shape index (κ1) is 12.8. The summed E-state index contributed by atoms with van der Waals surface area (Å²) in [5, 5.41) is 0.373. The van der Waals surface area contributed by atoms with Crippen LogP contribution in [-0.4, -0.2) is 10.9 Å². The molecule has 2 heteroatoms. The second-order valence-electron chi connectivity index (χ2n) is 4.97. The fourth-order valence-electron chi connectivity index (χ4n) is 2.01. The van der Waals surface area contributed by atoms with Crippen molar-refractivity contribution in [1.29, 1.82) is 0 Å². The van der Waals surface area contributed by atoms with Crippen LogP contribution in [0.2, 0.25) is 0 Å². The minimum atomic E-state index is 0.225. The average Bonchev–Trinajstić information content (AvgIpc) is 2.42. The summed E-state index contributed by atoms with van der Waals surface area (Å²) in [6.07, 6.45) is 5.20. The van der Waals surface area contributed by atoms with Crippen LogP contribution in [0.1, 0.15) is 47.0 Å². The van der Waals surface area contributed by atoms with Gasteiger partial charge in [-0.15, -0.1) is 0 Å². The third kappa shape index (κ3) is 3.10. The van der Waals surface area contributed by atoms with Crippen LogP contribution < -0.4 is 0 Å². The molecule has 0 spiro atoms. The Hall–Kier alpha value is -0.240. The van der Waals surface area contributed by atoms with E-state index in [0.29, 0.717) is 11.0 Å². The van der Waals surface area contributed by atoms with Crippen LogP contribution in [0, 0.1) is 11.3 Å². The van der Waals surface area contributed by atoms with Gasteiger partial charge in [0.05, 0.1) is 0 Å².